The summed E-state index contributed by atoms with van der Waals surface area (Å²) in [5, 5.41) is -0.0963. The van der Waals surface area contributed by atoms with Gasteiger partial charge in [0.15, 0.2) is 0 Å². The molecule has 0 spiro atoms. The molecule has 8 heteroatoms. The quantitative estimate of drug-likeness (QED) is 0.498. The summed E-state index contributed by atoms with van der Waals surface area (Å²) in [6.45, 7) is 1.42. The summed E-state index contributed by atoms with van der Waals surface area (Å²) >= 11 is 3.33. The molecule has 1 saturated heterocycles. The zero-order valence-electron chi connectivity index (χ0n) is 15.6. The molecule has 1 aliphatic heterocycles. The highest BCUT2D eigenvalue weighted by atomic mass is 79.9. The molecule has 0 saturated carbocycles. The third-order valence-corrected chi connectivity index (χ3v) is 7.14. The van der Waals surface area contributed by atoms with Crippen molar-refractivity contribution in [3.8, 4) is 11.5 Å². The van der Waals surface area contributed by atoms with Crippen LogP contribution in [0.5, 0.6) is 0 Å². The first-order chi connectivity index (χ1) is 13.9. The third-order valence-electron chi connectivity index (χ3n) is 4.94. The van der Waals surface area contributed by atoms with Crippen LogP contribution in [-0.2, 0) is 9.84 Å². The summed E-state index contributed by atoms with van der Waals surface area (Å²) in [5.74, 6) is 0.0461. The number of anilines is 1. The van der Waals surface area contributed by atoms with Crippen molar-refractivity contribution in [2.24, 2.45) is 0 Å². The van der Waals surface area contributed by atoms with Crippen LogP contribution in [-0.4, -0.2) is 26.5 Å². The molecule has 152 valence electrons. The van der Waals surface area contributed by atoms with Gasteiger partial charge < -0.3 is 9.32 Å². The zero-order chi connectivity index (χ0) is 20.4. The number of benzene rings is 2. The number of hydrogen-bond donors (Lipinski definition) is 0. The van der Waals surface area contributed by atoms with Gasteiger partial charge in [0.2, 0.25) is 26.6 Å². The van der Waals surface area contributed by atoms with Gasteiger partial charge in [0.25, 0.3) is 0 Å². The first-order valence-corrected chi connectivity index (χ1v) is 11.7. The molecule has 1 aromatic heterocycles. The number of sulfone groups is 1. The van der Waals surface area contributed by atoms with Crippen LogP contribution in [0.4, 0.5) is 10.3 Å². The number of hydrogen-bond acceptors (Lipinski definition) is 5. The molecule has 0 amide bonds. The SMILES string of the molecule is O=S(=O)(c1ccc(Br)cc1)c1nc(-c2ccc(F)cc2)oc1N1CCCCCC1. The fourth-order valence-electron chi connectivity index (χ4n) is 3.39. The van der Waals surface area contributed by atoms with Gasteiger partial charge in [0.1, 0.15) is 5.82 Å². The van der Waals surface area contributed by atoms with Crippen molar-refractivity contribution in [3.63, 3.8) is 0 Å². The van der Waals surface area contributed by atoms with Crippen LogP contribution in [0.2, 0.25) is 0 Å². The fourth-order valence-corrected chi connectivity index (χ4v) is 4.97. The van der Waals surface area contributed by atoms with Crippen LogP contribution in [0, 0.1) is 5.82 Å². The number of rotatable bonds is 4. The molecular formula is C21H20BrFN2O3S. The summed E-state index contributed by atoms with van der Waals surface area (Å²) in [7, 11) is -3.88. The van der Waals surface area contributed by atoms with Crippen LogP contribution in [0.15, 0.2) is 67.3 Å². The highest BCUT2D eigenvalue weighted by Gasteiger charge is 2.31. The average molecular weight is 479 g/mol. The first kappa shape index (κ1) is 20.1. The van der Waals surface area contributed by atoms with Crippen molar-refractivity contribution in [2.45, 2.75) is 35.6 Å². The van der Waals surface area contributed by atoms with Crippen LogP contribution < -0.4 is 4.90 Å². The largest absolute Gasteiger partial charge is 0.419 e. The van der Waals surface area contributed by atoms with Crippen molar-refractivity contribution in [3.05, 3.63) is 58.8 Å². The topological polar surface area (TPSA) is 63.4 Å². The molecule has 2 aromatic carbocycles. The summed E-state index contributed by atoms with van der Waals surface area (Å²) in [4.78, 5) is 6.46. The molecule has 0 bridgehead atoms. The van der Waals surface area contributed by atoms with E-state index in [0.717, 1.165) is 30.2 Å². The Labute approximate surface area is 177 Å². The van der Waals surface area contributed by atoms with Gasteiger partial charge in [-0.15, -0.1) is 0 Å². The van der Waals surface area contributed by atoms with E-state index in [2.05, 4.69) is 20.9 Å². The molecule has 0 unspecified atom stereocenters. The second-order valence-electron chi connectivity index (χ2n) is 6.99. The second-order valence-corrected chi connectivity index (χ2v) is 9.78. The Morgan fingerprint density at radius 3 is 2.17 bits per heavy atom. The van der Waals surface area contributed by atoms with Crippen molar-refractivity contribution in [1.82, 2.24) is 4.98 Å². The Morgan fingerprint density at radius 1 is 0.931 bits per heavy atom. The lowest BCUT2D eigenvalue weighted by atomic mass is 10.2. The Kier molecular flexibility index (Phi) is 5.74. The fraction of sp³-hybridized carbons (Fsp3) is 0.286. The molecule has 1 fully saturated rings. The average Bonchev–Trinajstić information content (AvgIpc) is 2.99. The van der Waals surface area contributed by atoms with Gasteiger partial charge in [-0.25, -0.2) is 12.8 Å². The highest BCUT2D eigenvalue weighted by Crippen LogP contribution is 2.36. The molecule has 4 rings (SSSR count). The zero-order valence-corrected chi connectivity index (χ0v) is 18.0. The Hall–Kier alpha value is -2.19. The van der Waals surface area contributed by atoms with E-state index < -0.39 is 9.84 Å². The first-order valence-electron chi connectivity index (χ1n) is 9.47. The van der Waals surface area contributed by atoms with Crippen molar-refractivity contribution >= 4 is 31.7 Å². The van der Waals surface area contributed by atoms with Crippen molar-refractivity contribution in [1.29, 1.82) is 0 Å². The van der Waals surface area contributed by atoms with Gasteiger partial charge in [-0.05, 0) is 61.4 Å². The Balaban J connectivity index is 1.83. The highest BCUT2D eigenvalue weighted by molar-refractivity contribution is 9.10. The van der Waals surface area contributed by atoms with Crippen LogP contribution >= 0.6 is 15.9 Å². The number of halogens is 2. The molecule has 0 N–H and O–H groups in total. The standard InChI is InChI=1S/C21H20BrFN2O3S/c22-16-7-11-18(12-8-16)29(26,27)20-21(25-13-3-1-2-4-14-25)28-19(24-20)15-5-9-17(23)10-6-15/h5-12H,1-4,13-14H2. The van der Waals surface area contributed by atoms with Crippen molar-refractivity contribution < 1.29 is 17.2 Å². The van der Waals surface area contributed by atoms with Crippen LogP contribution in [0.25, 0.3) is 11.5 Å². The van der Waals surface area contributed by atoms with Gasteiger partial charge in [0.05, 0.1) is 4.90 Å². The van der Waals surface area contributed by atoms with E-state index in [4.69, 9.17) is 4.42 Å². The molecule has 0 aliphatic carbocycles. The van der Waals surface area contributed by atoms with Gasteiger partial charge in [-0.2, -0.15) is 4.98 Å². The second kappa shape index (κ2) is 8.28. The van der Waals surface area contributed by atoms with Gasteiger partial charge in [-0.1, -0.05) is 28.8 Å². The van der Waals surface area contributed by atoms with E-state index in [1.165, 1.54) is 36.4 Å². The molecule has 29 heavy (non-hydrogen) atoms. The lowest BCUT2D eigenvalue weighted by Crippen LogP contribution is -2.25. The maximum absolute atomic E-state index is 13.4. The van der Waals surface area contributed by atoms with Crippen LogP contribution in [0.1, 0.15) is 25.7 Å². The van der Waals surface area contributed by atoms with Gasteiger partial charge in [0, 0.05) is 23.1 Å². The minimum absolute atomic E-state index is 0.0963. The molecule has 2 heterocycles. The predicted molar refractivity (Wildman–Crippen MR) is 112 cm³/mol. The number of oxazole rings is 1. The van der Waals surface area contributed by atoms with E-state index in [0.29, 0.717) is 18.7 Å². The Bertz CT molecular complexity index is 1090. The number of aromatic nitrogens is 1. The normalized spacial score (nSPS) is 15.3. The van der Waals surface area contributed by atoms with E-state index in [1.54, 1.807) is 12.1 Å². The van der Waals surface area contributed by atoms with E-state index >= 15 is 0 Å². The maximum atomic E-state index is 13.4. The molecule has 0 atom stereocenters. The van der Waals surface area contributed by atoms with E-state index in [-0.39, 0.29) is 27.5 Å². The minimum atomic E-state index is -3.88. The molecular weight excluding hydrogens is 459 g/mol. The lowest BCUT2D eigenvalue weighted by Gasteiger charge is -2.20. The summed E-state index contributed by atoms with van der Waals surface area (Å²) in [6.07, 6.45) is 4.13. The third kappa shape index (κ3) is 4.23. The lowest BCUT2D eigenvalue weighted by molar-refractivity contribution is 0.543. The molecule has 5 nitrogen and oxygen atoms in total. The van der Waals surface area contributed by atoms with E-state index in [1.807, 2.05) is 4.90 Å². The van der Waals surface area contributed by atoms with E-state index in [9.17, 15) is 12.8 Å². The predicted octanol–water partition coefficient (Wildman–Crippen LogP) is 5.46. The number of nitrogens with zero attached hydrogens (tertiary/aromatic N) is 2. The smallest absolute Gasteiger partial charge is 0.236 e. The van der Waals surface area contributed by atoms with Crippen molar-refractivity contribution in [2.75, 3.05) is 18.0 Å². The monoisotopic (exact) mass is 478 g/mol. The maximum Gasteiger partial charge on any atom is 0.236 e. The summed E-state index contributed by atoms with van der Waals surface area (Å²) < 4.78 is 46.8. The molecule has 1 aliphatic rings. The molecule has 3 aromatic rings. The van der Waals surface area contributed by atoms with Gasteiger partial charge in [-0.3, -0.25) is 0 Å². The summed E-state index contributed by atoms with van der Waals surface area (Å²) in [6, 6.07) is 12.1. The summed E-state index contributed by atoms with van der Waals surface area (Å²) in [5.41, 5.74) is 0.528. The van der Waals surface area contributed by atoms with Gasteiger partial charge >= 0.3 is 0 Å². The van der Waals surface area contributed by atoms with Crippen LogP contribution in [0.3, 0.4) is 0 Å². The Morgan fingerprint density at radius 2 is 1.55 bits per heavy atom. The minimum Gasteiger partial charge on any atom is -0.419 e. The molecule has 0 radical (unpaired) electrons.